The molecule has 0 unspecified atom stereocenters. The molecule has 2 aromatic rings. The van der Waals surface area contributed by atoms with Crippen LogP contribution in [0.1, 0.15) is 18.5 Å². The first-order chi connectivity index (χ1) is 8.58. The largest absolute Gasteiger partial charge is 0.324 e. The average molecular weight is 326 g/mol. The van der Waals surface area contributed by atoms with Gasteiger partial charge in [-0.05, 0) is 36.8 Å². The molecule has 2 N–H and O–H groups in total. The van der Waals surface area contributed by atoms with Crippen LogP contribution in [-0.2, 0) is 0 Å². The van der Waals surface area contributed by atoms with Crippen LogP contribution >= 0.6 is 27.7 Å². The Morgan fingerprint density at radius 1 is 1.22 bits per heavy atom. The van der Waals surface area contributed by atoms with Gasteiger partial charge in [0.05, 0.1) is 4.90 Å². The third-order valence-electron chi connectivity index (χ3n) is 2.50. The molecule has 0 radical (unpaired) electrons. The fourth-order valence-electron chi connectivity index (χ4n) is 1.64. The van der Waals surface area contributed by atoms with Crippen molar-refractivity contribution in [3.63, 3.8) is 0 Å². The highest BCUT2D eigenvalue weighted by Crippen LogP contribution is 2.35. The Morgan fingerprint density at radius 2 is 1.94 bits per heavy atom. The fraction of sp³-hybridized carbons (Fsp3) is 0.143. The summed E-state index contributed by atoms with van der Waals surface area (Å²) in [6.45, 7) is 1.86. The number of halogens is 2. The van der Waals surface area contributed by atoms with Gasteiger partial charge in [0.25, 0.3) is 0 Å². The van der Waals surface area contributed by atoms with Crippen LogP contribution in [0.2, 0.25) is 0 Å². The highest BCUT2D eigenvalue weighted by atomic mass is 79.9. The summed E-state index contributed by atoms with van der Waals surface area (Å²) in [5, 5.41) is 0. The van der Waals surface area contributed by atoms with Gasteiger partial charge in [0.2, 0.25) is 0 Å². The van der Waals surface area contributed by atoms with Crippen LogP contribution in [0.15, 0.2) is 56.7 Å². The van der Waals surface area contributed by atoms with E-state index in [1.54, 1.807) is 6.07 Å². The first-order valence-electron chi connectivity index (χ1n) is 5.55. The molecule has 0 aliphatic carbocycles. The maximum absolute atomic E-state index is 13.9. The predicted molar refractivity (Wildman–Crippen MR) is 77.3 cm³/mol. The normalized spacial score (nSPS) is 12.4. The van der Waals surface area contributed by atoms with Crippen molar-refractivity contribution in [2.75, 3.05) is 0 Å². The predicted octanol–water partition coefficient (Wildman–Crippen LogP) is 4.76. The molecule has 2 aromatic carbocycles. The van der Waals surface area contributed by atoms with Crippen LogP contribution in [-0.4, -0.2) is 0 Å². The number of nitrogens with two attached hydrogens (primary N) is 1. The van der Waals surface area contributed by atoms with E-state index >= 15 is 0 Å². The highest BCUT2D eigenvalue weighted by Gasteiger charge is 2.13. The van der Waals surface area contributed by atoms with Crippen molar-refractivity contribution in [3.8, 4) is 0 Å². The molecule has 0 spiro atoms. The smallest absolute Gasteiger partial charge is 0.137 e. The van der Waals surface area contributed by atoms with E-state index in [1.807, 2.05) is 37.3 Å². The number of rotatable bonds is 3. The van der Waals surface area contributed by atoms with Gasteiger partial charge in [0.1, 0.15) is 5.82 Å². The van der Waals surface area contributed by atoms with Gasteiger partial charge in [0, 0.05) is 15.4 Å². The molecule has 1 atom stereocenters. The second-order valence-electron chi connectivity index (χ2n) is 4.01. The Balaban J connectivity index is 2.39. The van der Waals surface area contributed by atoms with E-state index < -0.39 is 0 Å². The Kier molecular flexibility index (Phi) is 4.43. The minimum Gasteiger partial charge on any atom is -0.324 e. The Hall–Kier alpha value is -0.840. The molecule has 0 heterocycles. The van der Waals surface area contributed by atoms with Crippen molar-refractivity contribution in [1.82, 2.24) is 0 Å². The zero-order chi connectivity index (χ0) is 13.1. The first kappa shape index (κ1) is 13.6. The zero-order valence-corrected chi connectivity index (χ0v) is 12.3. The van der Waals surface area contributed by atoms with E-state index in [1.165, 1.54) is 17.8 Å². The summed E-state index contributed by atoms with van der Waals surface area (Å²) in [4.78, 5) is 1.59. The van der Waals surface area contributed by atoms with Gasteiger partial charge in [-0.2, -0.15) is 0 Å². The maximum atomic E-state index is 13.9. The highest BCUT2D eigenvalue weighted by molar-refractivity contribution is 9.10. The van der Waals surface area contributed by atoms with E-state index in [0.717, 1.165) is 14.9 Å². The van der Waals surface area contributed by atoms with Crippen LogP contribution < -0.4 is 5.73 Å². The lowest BCUT2D eigenvalue weighted by Crippen LogP contribution is -2.07. The monoisotopic (exact) mass is 325 g/mol. The topological polar surface area (TPSA) is 26.0 Å². The van der Waals surface area contributed by atoms with Gasteiger partial charge < -0.3 is 5.73 Å². The third-order valence-corrected chi connectivity index (χ3v) is 4.12. The molecule has 0 bridgehead atoms. The van der Waals surface area contributed by atoms with Gasteiger partial charge in [-0.3, -0.25) is 0 Å². The number of hydrogen-bond donors (Lipinski definition) is 1. The van der Waals surface area contributed by atoms with E-state index in [0.29, 0.717) is 4.90 Å². The first-order valence-corrected chi connectivity index (χ1v) is 7.16. The molecular weight excluding hydrogens is 313 g/mol. The van der Waals surface area contributed by atoms with Gasteiger partial charge >= 0.3 is 0 Å². The molecule has 0 fully saturated rings. The lowest BCUT2D eigenvalue weighted by Gasteiger charge is -2.13. The molecule has 0 saturated carbocycles. The van der Waals surface area contributed by atoms with Crippen LogP contribution in [0.25, 0.3) is 0 Å². The van der Waals surface area contributed by atoms with Crippen molar-refractivity contribution in [2.24, 2.45) is 5.73 Å². The second-order valence-corrected chi connectivity index (χ2v) is 6.01. The van der Waals surface area contributed by atoms with Crippen molar-refractivity contribution >= 4 is 27.7 Å². The summed E-state index contributed by atoms with van der Waals surface area (Å²) in [6, 6.07) is 12.6. The minimum atomic E-state index is -0.227. The van der Waals surface area contributed by atoms with Gasteiger partial charge in [0.15, 0.2) is 0 Å². The molecular formula is C14H13BrFNS. The standard InChI is InChI=1S/C14H13BrFNS/c1-9(17)12-6-3-7-13(16)14(12)18-11-5-2-4-10(15)8-11/h2-9H,17H2,1H3/t9-/m0/s1. The summed E-state index contributed by atoms with van der Waals surface area (Å²) >= 11 is 4.81. The van der Waals surface area contributed by atoms with Crippen molar-refractivity contribution in [2.45, 2.75) is 22.8 Å². The Bertz CT molecular complexity index is 557. The van der Waals surface area contributed by atoms with Gasteiger partial charge in [-0.1, -0.05) is 45.9 Å². The second kappa shape index (κ2) is 5.87. The molecule has 94 valence electrons. The summed E-state index contributed by atoms with van der Waals surface area (Å²) < 4.78 is 14.9. The summed E-state index contributed by atoms with van der Waals surface area (Å²) in [5.74, 6) is -0.227. The molecule has 0 aromatic heterocycles. The molecule has 0 amide bonds. The summed E-state index contributed by atoms with van der Waals surface area (Å²) in [7, 11) is 0. The average Bonchev–Trinajstić information content (AvgIpc) is 2.31. The van der Waals surface area contributed by atoms with Crippen LogP contribution in [0.5, 0.6) is 0 Å². The molecule has 0 aliphatic rings. The van der Waals surface area contributed by atoms with E-state index in [4.69, 9.17) is 5.73 Å². The van der Waals surface area contributed by atoms with Crippen LogP contribution in [0, 0.1) is 5.82 Å². The number of hydrogen-bond acceptors (Lipinski definition) is 2. The van der Waals surface area contributed by atoms with Crippen LogP contribution in [0.4, 0.5) is 4.39 Å². The molecule has 1 nitrogen and oxygen atoms in total. The molecule has 18 heavy (non-hydrogen) atoms. The molecule has 0 saturated heterocycles. The molecule has 0 aliphatic heterocycles. The van der Waals surface area contributed by atoms with Crippen molar-refractivity contribution in [1.29, 1.82) is 0 Å². The SMILES string of the molecule is C[C@H](N)c1cccc(F)c1Sc1cccc(Br)c1. The Morgan fingerprint density at radius 3 is 2.61 bits per heavy atom. The van der Waals surface area contributed by atoms with Crippen molar-refractivity contribution < 1.29 is 4.39 Å². The van der Waals surface area contributed by atoms with E-state index in [-0.39, 0.29) is 11.9 Å². The van der Waals surface area contributed by atoms with Crippen LogP contribution in [0.3, 0.4) is 0 Å². The van der Waals surface area contributed by atoms with Gasteiger partial charge in [-0.15, -0.1) is 0 Å². The quantitative estimate of drug-likeness (QED) is 0.880. The molecule has 4 heteroatoms. The molecule has 2 rings (SSSR count). The summed E-state index contributed by atoms with van der Waals surface area (Å²) in [6.07, 6.45) is 0. The number of benzene rings is 2. The lowest BCUT2D eigenvalue weighted by molar-refractivity contribution is 0.591. The Labute approximate surface area is 119 Å². The maximum Gasteiger partial charge on any atom is 0.137 e. The zero-order valence-electron chi connectivity index (χ0n) is 9.86. The fourth-order valence-corrected chi connectivity index (χ4v) is 3.30. The minimum absolute atomic E-state index is 0.185. The van der Waals surface area contributed by atoms with E-state index in [2.05, 4.69) is 15.9 Å². The third kappa shape index (κ3) is 3.13. The summed E-state index contributed by atoms with van der Waals surface area (Å²) in [5.41, 5.74) is 6.71. The lowest BCUT2D eigenvalue weighted by atomic mass is 10.1. The van der Waals surface area contributed by atoms with Crippen molar-refractivity contribution in [3.05, 3.63) is 58.3 Å². The van der Waals surface area contributed by atoms with E-state index in [9.17, 15) is 4.39 Å². The van der Waals surface area contributed by atoms with Gasteiger partial charge in [-0.25, -0.2) is 4.39 Å².